The minimum absolute atomic E-state index is 0.224. The quantitative estimate of drug-likeness (QED) is 0.755. The molecule has 1 aliphatic rings. The van der Waals surface area contributed by atoms with E-state index in [1.54, 1.807) is 6.20 Å². The van der Waals surface area contributed by atoms with Gasteiger partial charge in [0.25, 0.3) is 0 Å². The van der Waals surface area contributed by atoms with Gasteiger partial charge in [-0.05, 0) is 12.8 Å². The number of H-pyrrole nitrogens is 1. The summed E-state index contributed by atoms with van der Waals surface area (Å²) in [6.07, 6.45) is 7.96. The maximum Gasteiger partial charge on any atom is 0.180 e. The van der Waals surface area contributed by atoms with Gasteiger partial charge in [0.1, 0.15) is 17.7 Å². The van der Waals surface area contributed by atoms with Gasteiger partial charge in [0, 0.05) is 12.0 Å². The summed E-state index contributed by atoms with van der Waals surface area (Å²) in [5.74, 6) is 1.32. The van der Waals surface area contributed by atoms with E-state index in [2.05, 4.69) is 19.9 Å². The normalized spacial score (nSPS) is 26.1. The van der Waals surface area contributed by atoms with E-state index in [1.807, 2.05) is 0 Å². The van der Waals surface area contributed by atoms with Crippen LogP contribution in [0.2, 0.25) is 0 Å². The molecule has 0 saturated heterocycles. The van der Waals surface area contributed by atoms with Crippen molar-refractivity contribution in [2.24, 2.45) is 5.73 Å². The number of aromatic nitrogens is 4. The Kier molecular flexibility index (Phi) is 2.32. The third-order valence-corrected chi connectivity index (χ3v) is 3.35. The number of aromatic amines is 1. The zero-order chi connectivity index (χ0) is 11.0. The molecule has 0 spiro atoms. The lowest BCUT2D eigenvalue weighted by atomic mass is 9.84. The minimum atomic E-state index is 0.224. The fraction of sp³-hybridized carbons (Fsp3) is 0.545. The highest BCUT2D eigenvalue weighted by Gasteiger charge is 2.26. The van der Waals surface area contributed by atoms with Crippen molar-refractivity contribution in [3.05, 3.63) is 18.3 Å². The lowest BCUT2D eigenvalue weighted by molar-refractivity contribution is 0.375. The predicted octanol–water partition coefficient (Wildman–Crippen LogP) is 1.34. The predicted molar refractivity (Wildman–Crippen MR) is 60.9 cm³/mol. The number of nitrogens with two attached hydrogens (primary N) is 1. The van der Waals surface area contributed by atoms with Crippen LogP contribution in [0.1, 0.15) is 37.4 Å². The average Bonchev–Trinajstić information content (AvgIpc) is 2.73. The van der Waals surface area contributed by atoms with Crippen LogP contribution >= 0.6 is 0 Å². The summed E-state index contributed by atoms with van der Waals surface area (Å²) < 4.78 is 0. The molecule has 2 aromatic rings. The molecule has 1 fully saturated rings. The zero-order valence-electron chi connectivity index (χ0n) is 9.06. The summed E-state index contributed by atoms with van der Waals surface area (Å²) in [6, 6.07) is 0.224. The van der Waals surface area contributed by atoms with Gasteiger partial charge in [0.05, 0.1) is 6.20 Å². The highest BCUT2D eigenvalue weighted by molar-refractivity contribution is 5.68. The second kappa shape index (κ2) is 3.83. The van der Waals surface area contributed by atoms with E-state index >= 15 is 0 Å². The molecule has 5 heteroatoms. The van der Waals surface area contributed by atoms with Crippen molar-refractivity contribution >= 4 is 11.2 Å². The molecule has 2 aromatic heterocycles. The average molecular weight is 217 g/mol. The van der Waals surface area contributed by atoms with Crippen molar-refractivity contribution in [1.82, 2.24) is 19.9 Å². The molecule has 3 rings (SSSR count). The molecule has 2 heterocycles. The Balaban J connectivity index is 1.98. The number of nitrogens with one attached hydrogen (secondary N) is 1. The van der Waals surface area contributed by atoms with Gasteiger partial charge in [-0.25, -0.2) is 15.0 Å². The molecular formula is C11H15N5. The molecule has 0 bridgehead atoms. The van der Waals surface area contributed by atoms with Crippen LogP contribution in [0.25, 0.3) is 11.2 Å². The lowest BCUT2D eigenvalue weighted by Gasteiger charge is -2.26. The second-order valence-electron chi connectivity index (χ2n) is 4.44. The molecule has 0 aromatic carbocycles. The van der Waals surface area contributed by atoms with Crippen LogP contribution in [0.5, 0.6) is 0 Å². The fourth-order valence-corrected chi connectivity index (χ4v) is 2.46. The second-order valence-corrected chi connectivity index (χ2v) is 4.44. The Hall–Kier alpha value is -1.49. The molecule has 0 radical (unpaired) electrons. The highest BCUT2D eigenvalue weighted by Crippen LogP contribution is 2.30. The van der Waals surface area contributed by atoms with E-state index in [1.165, 1.54) is 19.2 Å². The smallest absolute Gasteiger partial charge is 0.180 e. The largest absolute Gasteiger partial charge is 0.339 e. The van der Waals surface area contributed by atoms with Crippen molar-refractivity contribution in [3.8, 4) is 0 Å². The lowest BCUT2D eigenvalue weighted by Crippen LogP contribution is -2.31. The van der Waals surface area contributed by atoms with Gasteiger partial charge in [-0.15, -0.1) is 0 Å². The monoisotopic (exact) mass is 217 g/mol. The van der Waals surface area contributed by atoms with Crippen LogP contribution in [0, 0.1) is 0 Å². The number of imidazole rings is 1. The summed E-state index contributed by atoms with van der Waals surface area (Å²) in [5, 5.41) is 0. The van der Waals surface area contributed by atoms with E-state index in [4.69, 9.17) is 5.73 Å². The maximum absolute atomic E-state index is 6.14. The summed E-state index contributed by atoms with van der Waals surface area (Å²) in [4.78, 5) is 15.9. The first kappa shape index (κ1) is 9.72. The number of fused-ring (bicyclic) bond motifs is 1. The molecule has 0 aliphatic heterocycles. The minimum Gasteiger partial charge on any atom is -0.339 e. The van der Waals surface area contributed by atoms with Gasteiger partial charge in [-0.2, -0.15) is 0 Å². The fourth-order valence-electron chi connectivity index (χ4n) is 2.46. The van der Waals surface area contributed by atoms with E-state index in [9.17, 15) is 0 Å². The van der Waals surface area contributed by atoms with E-state index in [0.29, 0.717) is 5.92 Å². The third kappa shape index (κ3) is 1.57. The first-order valence-corrected chi connectivity index (χ1v) is 5.76. The Morgan fingerprint density at radius 3 is 3.00 bits per heavy atom. The molecular weight excluding hydrogens is 202 g/mol. The van der Waals surface area contributed by atoms with Gasteiger partial charge >= 0.3 is 0 Å². The van der Waals surface area contributed by atoms with Gasteiger partial charge in [-0.1, -0.05) is 12.8 Å². The van der Waals surface area contributed by atoms with Crippen molar-refractivity contribution in [2.45, 2.75) is 37.6 Å². The van der Waals surface area contributed by atoms with Crippen LogP contribution < -0.4 is 5.73 Å². The van der Waals surface area contributed by atoms with Crippen LogP contribution in [-0.4, -0.2) is 26.0 Å². The van der Waals surface area contributed by atoms with Crippen LogP contribution in [0.15, 0.2) is 12.5 Å². The van der Waals surface area contributed by atoms with Crippen molar-refractivity contribution in [2.75, 3.05) is 0 Å². The summed E-state index contributed by atoms with van der Waals surface area (Å²) in [6.45, 7) is 0. The number of rotatable bonds is 1. The van der Waals surface area contributed by atoms with Gasteiger partial charge in [0.2, 0.25) is 0 Å². The van der Waals surface area contributed by atoms with Crippen molar-refractivity contribution in [3.63, 3.8) is 0 Å². The summed E-state index contributed by atoms with van der Waals surface area (Å²) >= 11 is 0. The van der Waals surface area contributed by atoms with Crippen LogP contribution in [-0.2, 0) is 0 Å². The van der Waals surface area contributed by atoms with Gasteiger partial charge in [0.15, 0.2) is 5.65 Å². The molecule has 16 heavy (non-hydrogen) atoms. The molecule has 0 amide bonds. The van der Waals surface area contributed by atoms with E-state index in [0.717, 1.165) is 29.8 Å². The van der Waals surface area contributed by atoms with E-state index < -0.39 is 0 Å². The summed E-state index contributed by atoms with van der Waals surface area (Å²) in [7, 11) is 0. The molecule has 2 atom stereocenters. The van der Waals surface area contributed by atoms with Crippen molar-refractivity contribution in [1.29, 1.82) is 0 Å². The first-order chi connectivity index (χ1) is 7.84. The summed E-state index contributed by atoms with van der Waals surface area (Å²) in [5.41, 5.74) is 7.77. The Morgan fingerprint density at radius 1 is 1.31 bits per heavy atom. The van der Waals surface area contributed by atoms with E-state index in [-0.39, 0.29) is 6.04 Å². The molecule has 84 valence electrons. The third-order valence-electron chi connectivity index (χ3n) is 3.35. The van der Waals surface area contributed by atoms with Gasteiger partial charge in [-0.3, -0.25) is 0 Å². The molecule has 5 nitrogen and oxygen atoms in total. The Bertz CT molecular complexity index is 459. The highest BCUT2D eigenvalue weighted by atomic mass is 15.0. The molecule has 3 N–H and O–H groups in total. The van der Waals surface area contributed by atoms with Crippen molar-refractivity contribution < 1.29 is 0 Å². The maximum atomic E-state index is 6.14. The Labute approximate surface area is 93.5 Å². The number of hydrogen-bond donors (Lipinski definition) is 2. The topological polar surface area (TPSA) is 80.5 Å². The SMILES string of the molecule is NC1CCCCC1c1nc2ncncc2[nH]1. The molecule has 1 saturated carbocycles. The number of nitrogens with zero attached hydrogens (tertiary/aromatic N) is 3. The van der Waals surface area contributed by atoms with Crippen LogP contribution in [0.4, 0.5) is 0 Å². The zero-order valence-corrected chi connectivity index (χ0v) is 9.06. The Morgan fingerprint density at radius 2 is 2.19 bits per heavy atom. The number of hydrogen-bond acceptors (Lipinski definition) is 4. The molecule has 1 aliphatic carbocycles. The first-order valence-electron chi connectivity index (χ1n) is 5.76. The molecule has 2 unspecified atom stereocenters. The van der Waals surface area contributed by atoms with Crippen LogP contribution in [0.3, 0.4) is 0 Å². The standard InChI is InChI=1S/C11H15N5/c12-8-4-2-1-3-7(8)10-15-9-5-13-6-14-11(9)16-10/h5-8H,1-4,12H2,(H,13,14,15,16). The van der Waals surface area contributed by atoms with Gasteiger partial charge < -0.3 is 10.7 Å².